The number of anilines is 2. The van der Waals surface area contributed by atoms with Crippen LogP contribution in [-0.4, -0.2) is 125 Å². The summed E-state index contributed by atoms with van der Waals surface area (Å²) in [5.41, 5.74) is 5.02. The molecule has 4 N–H and O–H groups in total. The highest BCUT2D eigenvalue weighted by Gasteiger charge is 2.40. The number of aromatic nitrogens is 2. The molecule has 66 heavy (non-hydrogen) atoms. The minimum Gasteiger partial charge on any atom is -0.502 e. The van der Waals surface area contributed by atoms with Crippen molar-refractivity contribution in [1.29, 1.82) is 0 Å². The zero-order valence-electron chi connectivity index (χ0n) is 40.5. The molecular weight excluding hydrogens is 881 g/mol. The number of hydrogen-bond acceptors (Lipinski definition) is 12. The van der Waals surface area contributed by atoms with E-state index in [-0.39, 0.29) is 29.3 Å². The highest BCUT2D eigenvalue weighted by atomic mass is 28.4. The van der Waals surface area contributed by atoms with Gasteiger partial charge in [-0.2, -0.15) is 0 Å². The van der Waals surface area contributed by atoms with E-state index in [0.29, 0.717) is 119 Å². The molecule has 0 bridgehead atoms. The molecule has 0 aliphatic rings. The Bertz CT molecular complexity index is 1920. The average Bonchev–Trinajstić information content (AvgIpc) is 3.76. The molecule has 17 nitrogen and oxygen atoms in total. The molecule has 364 valence electrons. The SMILES string of the molecule is CCO[Si](CCCNC(=O)N(CC)c1ccc(-c2nc(-c3cc(OC)c(O)c(OC)c3)[nH]c2-c2ccc(N(CC)C(=O)NCCC[Si](OCC)(OCC)OCC)cc2)cc1)(OCC)OCC. The summed E-state index contributed by atoms with van der Waals surface area (Å²) in [6, 6.07) is 19.5. The number of amides is 4. The first kappa shape index (κ1) is 53.6. The first-order chi connectivity index (χ1) is 31.9. The molecule has 0 saturated carbocycles. The zero-order chi connectivity index (χ0) is 48.1. The number of aromatic amines is 1. The van der Waals surface area contributed by atoms with Gasteiger partial charge in [0.25, 0.3) is 0 Å². The third-order valence-electron chi connectivity index (χ3n) is 10.6. The van der Waals surface area contributed by atoms with Gasteiger partial charge in [0.15, 0.2) is 11.5 Å². The molecule has 0 saturated heterocycles. The summed E-state index contributed by atoms with van der Waals surface area (Å²) in [6.07, 6.45) is 1.29. The van der Waals surface area contributed by atoms with E-state index < -0.39 is 17.6 Å². The molecule has 4 amide bonds. The van der Waals surface area contributed by atoms with Crippen LogP contribution >= 0.6 is 0 Å². The Morgan fingerprint density at radius 2 is 0.970 bits per heavy atom. The van der Waals surface area contributed by atoms with Crippen LogP contribution in [0.15, 0.2) is 60.7 Å². The number of nitrogens with one attached hydrogen (secondary N) is 3. The van der Waals surface area contributed by atoms with Crippen molar-refractivity contribution in [1.82, 2.24) is 20.6 Å². The molecular formula is C47H72N6O11Si2. The highest BCUT2D eigenvalue weighted by Crippen LogP contribution is 2.42. The van der Waals surface area contributed by atoms with E-state index in [0.717, 1.165) is 16.8 Å². The van der Waals surface area contributed by atoms with Gasteiger partial charge in [0.05, 0.1) is 25.6 Å². The quantitative estimate of drug-likeness (QED) is 0.0299. The molecule has 0 unspecified atom stereocenters. The van der Waals surface area contributed by atoms with Gasteiger partial charge in [-0.3, -0.25) is 9.80 Å². The van der Waals surface area contributed by atoms with Gasteiger partial charge in [-0.15, -0.1) is 0 Å². The van der Waals surface area contributed by atoms with Crippen LogP contribution in [0.5, 0.6) is 17.2 Å². The van der Waals surface area contributed by atoms with E-state index in [1.807, 2.05) is 104 Å². The van der Waals surface area contributed by atoms with Gasteiger partial charge in [-0.05, 0) is 105 Å². The lowest BCUT2D eigenvalue weighted by molar-refractivity contribution is 0.0701. The van der Waals surface area contributed by atoms with Crippen molar-refractivity contribution >= 4 is 41.0 Å². The maximum Gasteiger partial charge on any atom is 0.500 e. The summed E-state index contributed by atoms with van der Waals surface area (Å²) < 4.78 is 46.8. The molecule has 0 spiro atoms. The largest absolute Gasteiger partial charge is 0.502 e. The van der Waals surface area contributed by atoms with Crippen LogP contribution in [-0.2, 0) is 26.6 Å². The molecule has 1 heterocycles. The van der Waals surface area contributed by atoms with E-state index in [1.165, 1.54) is 14.2 Å². The van der Waals surface area contributed by atoms with Crippen molar-refractivity contribution in [3.63, 3.8) is 0 Å². The predicted octanol–water partition coefficient (Wildman–Crippen LogP) is 9.08. The summed E-state index contributed by atoms with van der Waals surface area (Å²) in [6.45, 7) is 20.1. The third kappa shape index (κ3) is 14.0. The summed E-state index contributed by atoms with van der Waals surface area (Å²) in [5.74, 6) is 0.840. The van der Waals surface area contributed by atoms with E-state index in [9.17, 15) is 14.7 Å². The van der Waals surface area contributed by atoms with Gasteiger partial charge >= 0.3 is 29.7 Å². The zero-order valence-corrected chi connectivity index (χ0v) is 42.5. The second kappa shape index (κ2) is 27.0. The van der Waals surface area contributed by atoms with Crippen LogP contribution in [0.1, 0.15) is 68.2 Å². The lowest BCUT2D eigenvalue weighted by atomic mass is 10.0. The van der Waals surface area contributed by atoms with Crippen molar-refractivity contribution in [3.05, 3.63) is 60.7 Å². The molecule has 3 aromatic carbocycles. The summed E-state index contributed by atoms with van der Waals surface area (Å²) in [5, 5.41) is 16.8. The lowest BCUT2D eigenvalue weighted by Gasteiger charge is -2.28. The molecule has 0 aliphatic carbocycles. The smallest absolute Gasteiger partial charge is 0.500 e. The second-order valence-electron chi connectivity index (χ2n) is 14.8. The average molecular weight is 953 g/mol. The number of carbonyl (C=O) groups is 2. The van der Waals surface area contributed by atoms with Crippen LogP contribution in [0.4, 0.5) is 21.0 Å². The Kier molecular flexibility index (Phi) is 21.9. The summed E-state index contributed by atoms with van der Waals surface area (Å²) in [7, 11) is -2.70. The molecule has 1 aromatic heterocycles. The van der Waals surface area contributed by atoms with Crippen LogP contribution in [0, 0.1) is 0 Å². The Labute approximate surface area is 393 Å². The van der Waals surface area contributed by atoms with Crippen LogP contribution in [0.2, 0.25) is 12.1 Å². The highest BCUT2D eigenvalue weighted by molar-refractivity contribution is 6.61. The molecule has 4 rings (SSSR count). The normalized spacial score (nSPS) is 11.7. The lowest BCUT2D eigenvalue weighted by Crippen LogP contribution is -2.47. The van der Waals surface area contributed by atoms with Gasteiger partial charge < -0.3 is 56.8 Å². The minimum absolute atomic E-state index is 0.121. The first-order valence-corrected chi connectivity index (χ1v) is 27.0. The minimum atomic E-state index is -2.82. The Morgan fingerprint density at radius 3 is 1.32 bits per heavy atom. The second-order valence-corrected chi connectivity index (χ2v) is 20.2. The van der Waals surface area contributed by atoms with Crippen molar-refractivity contribution in [2.24, 2.45) is 0 Å². The fourth-order valence-corrected chi connectivity index (χ4v) is 12.9. The van der Waals surface area contributed by atoms with Gasteiger partial charge in [0, 0.05) is 106 Å². The number of benzene rings is 3. The topological polar surface area (TPSA) is 187 Å². The number of aromatic hydroxyl groups is 1. The number of phenols is 1. The number of H-pyrrole nitrogens is 1. The van der Waals surface area contributed by atoms with Crippen LogP contribution in [0.3, 0.4) is 0 Å². The standard InChI is InChI=1S/C47H72N6O11Si2/c1-11-52(46(55)48-29-19-31-65(59-13-3,60-14-4)61-15-5)38-25-21-35(22-26-38)42-43(51-45(50-42)37-33-40(57-9)44(54)41(34-37)58-10)36-23-27-39(28-24-36)53(12-2)47(56)49-30-20-32-66(62-16-6,63-17-7)64-18-8/h21-28,33-34,54H,11-20,29-32H2,1-10H3,(H,48,55)(H,49,56)(H,50,51). The Balaban J connectivity index is 1.59. The van der Waals surface area contributed by atoms with Gasteiger partial charge in [-0.25, -0.2) is 14.6 Å². The fraction of sp³-hybridized carbons (Fsp3) is 0.511. The first-order valence-electron chi connectivity index (χ1n) is 23.2. The number of nitrogens with zero attached hydrogens (tertiary/aromatic N) is 3. The molecule has 0 aliphatic heterocycles. The van der Waals surface area contributed by atoms with E-state index in [4.69, 9.17) is 41.0 Å². The van der Waals surface area contributed by atoms with Gasteiger partial charge in [0.2, 0.25) is 5.75 Å². The molecule has 19 heteroatoms. The summed E-state index contributed by atoms with van der Waals surface area (Å²) >= 11 is 0. The number of hydrogen-bond donors (Lipinski definition) is 4. The van der Waals surface area contributed by atoms with Crippen molar-refractivity contribution < 1.29 is 50.7 Å². The van der Waals surface area contributed by atoms with Gasteiger partial charge in [-0.1, -0.05) is 24.3 Å². The number of imidazole rings is 1. The number of ether oxygens (including phenoxy) is 2. The predicted molar refractivity (Wildman–Crippen MR) is 263 cm³/mol. The maximum atomic E-state index is 13.5. The number of urea groups is 2. The van der Waals surface area contributed by atoms with Crippen molar-refractivity contribution in [2.75, 3.05) is 89.8 Å². The Morgan fingerprint density at radius 1 is 0.591 bits per heavy atom. The van der Waals surface area contributed by atoms with E-state index in [1.54, 1.807) is 21.9 Å². The van der Waals surface area contributed by atoms with Crippen molar-refractivity contribution in [3.8, 4) is 51.2 Å². The Hall–Kier alpha value is -5.00. The summed E-state index contributed by atoms with van der Waals surface area (Å²) in [4.78, 5) is 38.9. The number of phenolic OH excluding ortho intramolecular Hbond substituents is 1. The number of rotatable bonds is 29. The number of carbonyl (C=O) groups excluding carboxylic acids is 2. The van der Waals surface area contributed by atoms with E-state index >= 15 is 0 Å². The van der Waals surface area contributed by atoms with Gasteiger partial charge in [0.1, 0.15) is 5.82 Å². The van der Waals surface area contributed by atoms with Crippen molar-refractivity contribution in [2.45, 2.75) is 80.3 Å². The van der Waals surface area contributed by atoms with Crippen LogP contribution < -0.4 is 29.9 Å². The van der Waals surface area contributed by atoms with Crippen LogP contribution in [0.25, 0.3) is 33.9 Å². The monoisotopic (exact) mass is 952 g/mol. The fourth-order valence-electron chi connectivity index (χ4n) is 7.65. The van der Waals surface area contributed by atoms with E-state index in [2.05, 4.69) is 15.6 Å². The molecule has 0 atom stereocenters. The molecule has 0 fully saturated rings. The third-order valence-corrected chi connectivity index (χ3v) is 16.9. The maximum absolute atomic E-state index is 13.5. The number of methoxy groups -OCH3 is 2. The molecule has 4 aromatic rings. The molecule has 0 radical (unpaired) electrons.